The van der Waals surface area contributed by atoms with Crippen molar-refractivity contribution >= 4 is 22.9 Å². The number of aromatic nitrogens is 1. The van der Waals surface area contributed by atoms with Gasteiger partial charge in [-0.3, -0.25) is 0 Å². The van der Waals surface area contributed by atoms with E-state index in [1.807, 2.05) is 5.38 Å². The maximum Gasteiger partial charge on any atom is 0.167 e. The van der Waals surface area contributed by atoms with Crippen molar-refractivity contribution < 1.29 is 13.5 Å². The molecule has 0 aliphatic carbocycles. The minimum Gasteiger partial charge on any atom is -0.491 e. The van der Waals surface area contributed by atoms with Crippen LogP contribution in [0, 0.1) is 11.6 Å². The Bertz CT molecular complexity index is 547. The average Bonchev–Trinajstić information content (AvgIpc) is 2.84. The molecule has 0 saturated heterocycles. The standard InChI is InChI=1S/C13H12ClF2NOS/c14-7-10-8-19-13(17-10)2-1-5-18-12-4-3-9(15)6-11(12)16/h3-4,6,8H,1-2,5,7H2. The molecule has 2 aromatic rings. The molecule has 1 aromatic heterocycles. The number of alkyl halides is 1. The van der Waals surface area contributed by atoms with Crippen molar-refractivity contribution in [1.29, 1.82) is 0 Å². The molecule has 102 valence electrons. The molecular formula is C13H12ClF2NOS. The zero-order chi connectivity index (χ0) is 13.7. The Hall–Kier alpha value is -1.20. The third-order valence-electron chi connectivity index (χ3n) is 2.42. The van der Waals surface area contributed by atoms with Crippen LogP contribution in [0.4, 0.5) is 8.78 Å². The Morgan fingerprint density at radius 1 is 1.32 bits per heavy atom. The van der Waals surface area contributed by atoms with Gasteiger partial charge >= 0.3 is 0 Å². The monoisotopic (exact) mass is 303 g/mol. The Morgan fingerprint density at radius 2 is 2.16 bits per heavy atom. The lowest BCUT2D eigenvalue weighted by molar-refractivity contribution is 0.294. The Kier molecular flexibility index (Phi) is 5.10. The molecule has 0 radical (unpaired) electrons. The number of hydrogen-bond donors (Lipinski definition) is 0. The van der Waals surface area contributed by atoms with Gasteiger partial charge in [-0.05, 0) is 18.6 Å². The number of hydrogen-bond acceptors (Lipinski definition) is 3. The summed E-state index contributed by atoms with van der Waals surface area (Å²) in [6.45, 7) is 0.359. The maximum atomic E-state index is 13.3. The first-order valence-electron chi connectivity index (χ1n) is 5.76. The normalized spacial score (nSPS) is 10.7. The fourth-order valence-corrected chi connectivity index (χ4v) is 2.59. The van der Waals surface area contributed by atoms with Gasteiger partial charge in [-0.1, -0.05) is 0 Å². The van der Waals surface area contributed by atoms with E-state index in [1.165, 1.54) is 12.1 Å². The number of benzene rings is 1. The zero-order valence-corrected chi connectivity index (χ0v) is 11.6. The number of ether oxygens (including phenoxy) is 1. The topological polar surface area (TPSA) is 22.1 Å². The van der Waals surface area contributed by atoms with Crippen molar-refractivity contribution in [3.05, 3.63) is 45.9 Å². The largest absolute Gasteiger partial charge is 0.491 e. The first kappa shape index (κ1) is 14.2. The molecule has 0 bridgehead atoms. The summed E-state index contributed by atoms with van der Waals surface area (Å²) in [5.41, 5.74) is 0.868. The lowest BCUT2D eigenvalue weighted by atomic mass is 10.3. The molecule has 0 saturated carbocycles. The van der Waals surface area contributed by atoms with Crippen LogP contribution in [0.25, 0.3) is 0 Å². The van der Waals surface area contributed by atoms with Crippen LogP contribution in [-0.4, -0.2) is 11.6 Å². The fraction of sp³-hybridized carbons (Fsp3) is 0.308. The first-order valence-corrected chi connectivity index (χ1v) is 7.17. The van der Waals surface area contributed by atoms with Crippen LogP contribution in [-0.2, 0) is 12.3 Å². The van der Waals surface area contributed by atoms with Gasteiger partial charge in [-0.25, -0.2) is 13.8 Å². The highest BCUT2D eigenvalue weighted by Crippen LogP contribution is 2.18. The molecule has 1 heterocycles. The summed E-state index contributed by atoms with van der Waals surface area (Å²) in [7, 11) is 0. The van der Waals surface area contributed by atoms with E-state index in [0.717, 1.165) is 23.2 Å². The van der Waals surface area contributed by atoms with E-state index < -0.39 is 11.6 Å². The van der Waals surface area contributed by atoms with E-state index in [1.54, 1.807) is 11.3 Å². The Balaban J connectivity index is 1.77. The SMILES string of the molecule is Fc1ccc(OCCCc2nc(CCl)cs2)c(F)c1. The van der Waals surface area contributed by atoms with Crippen LogP contribution in [0.3, 0.4) is 0 Å². The van der Waals surface area contributed by atoms with Crippen LogP contribution in [0.5, 0.6) is 5.75 Å². The van der Waals surface area contributed by atoms with Gasteiger partial charge in [0.1, 0.15) is 5.82 Å². The Morgan fingerprint density at radius 3 is 2.84 bits per heavy atom. The molecule has 19 heavy (non-hydrogen) atoms. The lowest BCUT2D eigenvalue weighted by Crippen LogP contribution is -2.01. The maximum absolute atomic E-state index is 13.3. The van der Waals surface area contributed by atoms with Crippen molar-refractivity contribution in [2.24, 2.45) is 0 Å². The number of nitrogens with zero attached hydrogens (tertiary/aromatic N) is 1. The highest BCUT2D eigenvalue weighted by Gasteiger charge is 2.05. The molecule has 0 N–H and O–H groups in total. The summed E-state index contributed by atoms with van der Waals surface area (Å²) in [6.07, 6.45) is 1.47. The third-order valence-corrected chi connectivity index (χ3v) is 3.65. The lowest BCUT2D eigenvalue weighted by Gasteiger charge is -2.06. The highest BCUT2D eigenvalue weighted by molar-refractivity contribution is 7.09. The average molecular weight is 304 g/mol. The van der Waals surface area contributed by atoms with E-state index in [9.17, 15) is 8.78 Å². The van der Waals surface area contributed by atoms with E-state index in [2.05, 4.69) is 4.98 Å². The second-order valence-electron chi connectivity index (χ2n) is 3.89. The summed E-state index contributed by atoms with van der Waals surface area (Å²) in [4.78, 5) is 4.31. The van der Waals surface area contributed by atoms with Crippen molar-refractivity contribution in [2.75, 3.05) is 6.61 Å². The summed E-state index contributed by atoms with van der Waals surface area (Å²) >= 11 is 7.21. The molecule has 2 rings (SSSR count). The quantitative estimate of drug-likeness (QED) is 0.590. The minimum atomic E-state index is -0.682. The van der Waals surface area contributed by atoms with Crippen LogP contribution in [0.2, 0.25) is 0 Å². The second-order valence-corrected chi connectivity index (χ2v) is 5.10. The molecular weight excluding hydrogens is 292 g/mol. The highest BCUT2D eigenvalue weighted by atomic mass is 35.5. The van der Waals surface area contributed by atoms with E-state index in [4.69, 9.17) is 16.3 Å². The van der Waals surface area contributed by atoms with Gasteiger partial charge in [0.25, 0.3) is 0 Å². The molecule has 0 aliphatic heterocycles. The van der Waals surface area contributed by atoms with Gasteiger partial charge in [0.2, 0.25) is 0 Å². The molecule has 2 nitrogen and oxygen atoms in total. The molecule has 0 unspecified atom stereocenters. The van der Waals surface area contributed by atoms with Gasteiger partial charge in [-0.2, -0.15) is 0 Å². The van der Waals surface area contributed by atoms with Crippen LogP contribution < -0.4 is 4.74 Å². The van der Waals surface area contributed by atoms with Gasteiger partial charge < -0.3 is 4.74 Å². The van der Waals surface area contributed by atoms with Crippen LogP contribution >= 0.6 is 22.9 Å². The molecule has 6 heteroatoms. The van der Waals surface area contributed by atoms with Crippen LogP contribution in [0.15, 0.2) is 23.6 Å². The molecule has 0 amide bonds. The minimum absolute atomic E-state index is 0.0713. The van der Waals surface area contributed by atoms with Crippen molar-refractivity contribution in [1.82, 2.24) is 4.98 Å². The molecule has 0 spiro atoms. The molecule has 1 aromatic carbocycles. The third kappa shape index (κ3) is 4.14. The predicted molar refractivity (Wildman–Crippen MR) is 71.8 cm³/mol. The van der Waals surface area contributed by atoms with Gasteiger partial charge in [-0.15, -0.1) is 22.9 Å². The van der Waals surface area contributed by atoms with Crippen molar-refractivity contribution in [3.8, 4) is 5.75 Å². The van der Waals surface area contributed by atoms with E-state index in [0.29, 0.717) is 18.9 Å². The smallest absolute Gasteiger partial charge is 0.167 e. The van der Waals surface area contributed by atoms with Crippen molar-refractivity contribution in [3.63, 3.8) is 0 Å². The first-order chi connectivity index (χ1) is 9.19. The summed E-state index contributed by atoms with van der Waals surface area (Å²) in [5.74, 6) is -0.810. The zero-order valence-electron chi connectivity index (χ0n) is 10.0. The van der Waals surface area contributed by atoms with Crippen molar-refractivity contribution in [2.45, 2.75) is 18.7 Å². The second kappa shape index (κ2) is 6.82. The summed E-state index contributed by atoms with van der Waals surface area (Å²) in [6, 6.07) is 3.27. The fourth-order valence-electron chi connectivity index (χ4n) is 1.52. The van der Waals surface area contributed by atoms with E-state index >= 15 is 0 Å². The molecule has 0 atom stereocenters. The van der Waals surface area contributed by atoms with Gasteiger partial charge in [0.05, 0.1) is 23.2 Å². The summed E-state index contributed by atoms with van der Waals surface area (Å²) < 4.78 is 31.2. The van der Waals surface area contributed by atoms with Crippen LogP contribution in [0.1, 0.15) is 17.1 Å². The van der Waals surface area contributed by atoms with E-state index in [-0.39, 0.29) is 5.75 Å². The number of aryl methyl sites for hydroxylation is 1. The summed E-state index contributed by atoms with van der Waals surface area (Å²) in [5, 5.41) is 2.90. The van der Waals surface area contributed by atoms with Gasteiger partial charge in [0.15, 0.2) is 11.6 Å². The number of halogens is 3. The predicted octanol–water partition coefficient (Wildman–Crippen LogP) is 4.17. The molecule has 0 fully saturated rings. The molecule has 0 aliphatic rings. The number of thiazole rings is 1. The van der Waals surface area contributed by atoms with Gasteiger partial charge in [0, 0.05) is 17.9 Å². The Labute approximate surface area is 119 Å². The number of rotatable bonds is 6.